The minimum atomic E-state index is 0.813. The smallest absolute Gasteiger partial charge is 0.123 e. The summed E-state index contributed by atoms with van der Waals surface area (Å²) in [5.74, 6) is 1.63. The maximum Gasteiger partial charge on any atom is 0.123 e. The third-order valence-electron chi connectivity index (χ3n) is 3.74. The van der Waals surface area contributed by atoms with Crippen molar-refractivity contribution in [2.24, 2.45) is 0 Å². The normalized spacial score (nSPS) is 13.3. The fourth-order valence-electron chi connectivity index (χ4n) is 2.71. The van der Waals surface area contributed by atoms with Crippen LogP contribution in [0.4, 0.5) is 5.69 Å². The molecule has 0 saturated carbocycles. The fourth-order valence-corrected chi connectivity index (χ4v) is 2.71. The Labute approximate surface area is 119 Å². The van der Waals surface area contributed by atoms with Crippen LogP contribution in [0.1, 0.15) is 12.0 Å². The molecule has 3 rings (SSSR count). The minimum Gasteiger partial charge on any atom is -0.497 e. The summed E-state index contributed by atoms with van der Waals surface area (Å²) in [6, 6.07) is 12.5. The maximum absolute atomic E-state index is 5.36. The van der Waals surface area contributed by atoms with E-state index in [1.165, 1.54) is 23.2 Å². The number of rotatable bonds is 3. The van der Waals surface area contributed by atoms with Crippen molar-refractivity contribution in [2.75, 3.05) is 26.1 Å². The second kappa shape index (κ2) is 5.45. The lowest BCUT2D eigenvalue weighted by Gasteiger charge is -2.21. The maximum atomic E-state index is 5.36. The lowest BCUT2D eigenvalue weighted by Crippen LogP contribution is -2.12. The highest BCUT2D eigenvalue weighted by Gasteiger charge is 2.14. The first-order valence-corrected chi connectivity index (χ1v) is 6.91. The van der Waals surface area contributed by atoms with Crippen LogP contribution in [0, 0.1) is 0 Å². The van der Waals surface area contributed by atoms with Crippen LogP contribution >= 0.6 is 0 Å². The largest absolute Gasteiger partial charge is 0.497 e. The highest BCUT2D eigenvalue weighted by molar-refractivity contribution is 5.82. The number of fused-ring (bicyclic) bond motifs is 1. The van der Waals surface area contributed by atoms with Gasteiger partial charge in [0.1, 0.15) is 11.5 Å². The number of hydrogen-bond donors (Lipinski definition) is 1. The Balaban J connectivity index is 2.13. The minimum absolute atomic E-state index is 0.813. The Hall–Kier alpha value is -2.16. The van der Waals surface area contributed by atoms with E-state index in [9.17, 15) is 0 Å². The molecule has 0 saturated heterocycles. The average molecular weight is 269 g/mol. The van der Waals surface area contributed by atoms with Crippen LogP contribution in [0.5, 0.6) is 11.5 Å². The Morgan fingerprint density at radius 3 is 2.45 bits per heavy atom. The first-order chi connectivity index (χ1) is 9.81. The monoisotopic (exact) mass is 269 g/mol. The summed E-state index contributed by atoms with van der Waals surface area (Å²) in [6.07, 6.45) is 2.33. The molecule has 0 fully saturated rings. The van der Waals surface area contributed by atoms with Crippen LogP contribution in [0.3, 0.4) is 0 Å². The van der Waals surface area contributed by atoms with Gasteiger partial charge in [0.05, 0.1) is 14.2 Å². The lowest BCUT2D eigenvalue weighted by atomic mass is 9.95. The summed E-state index contributed by atoms with van der Waals surface area (Å²) in [5, 5.41) is 3.52. The number of aryl methyl sites for hydroxylation is 1. The molecule has 1 aliphatic heterocycles. The van der Waals surface area contributed by atoms with Crippen LogP contribution in [0.2, 0.25) is 0 Å². The third kappa shape index (κ3) is 2.31. The van der Waals surface area contributed by atoms with Gasteiger partial charge in [0.25, 0.3) is 0 Å². The summed E-state index contributed by atoms with van der Waals surface area (Å²) < 4.78 is 10.7. The molecule has 1 N–H and O–H groups in total. The van der Waals surface area contributed by atoms with E-state index in [1.807, 2.05) is 6.07 Å². The van der Waals surface area contributed by atoms with E-state index in [-0.39, 0.29) is 0 Å². The standard InChI is InChI=1S/C17H19NO2/c1-19-14-9-13(10-15(11-14)20-2)16-7-3-5-12-6-4-8-18-17(12)16/h3,5,7,9-11,18H,4,6,8H2,1-2H3. The first kappa shape index (κ1) is 12.9. The number of para-hydroxylation sites is 1. The van der Waals surface area contributed by atoms with Gasteiger partial charge in [-0.25, -0.2) is 0 Å². The van der Waals surface area contributed by atoms with Crippen molar-refractivity contribution < 1.29 is 9.47 Å². The number of nitrogens with one attached hydrogen (secondary N) is 1. The van der Waals surface area contributed by atoms with E-state index >= 15 is 0 Å². The van der Waals surface area contributed by atoms with Crippen molar-refractivity contribution in [3.8, 4) is 22.6 Å². The lowest BCUT2D eigenvalue weighted by molar-refractivity contribution is 0.394. The third-order valence-corrected chi connectivity index (χ3v) is 3.74. The van der Waals surface area contributed by atoms with Crippen molar-refractivity contribution in [1.29, 1.82) is 0 Å². The summed E-state index contributed by atoms with van der Waals surface area (Å²) >= 11 is 0. The number of hydrogen-bond acceptors (Lipinski definition) is 3. The molecule has 104 valence electrons. The SMILES string of the molecule is COc1cc(OC)cc(-c2cccc3c2NCCC3)c1. The molecule has 0 aromatic heterocycles. The molecule has 1 aliphatic rings. The van der Waals surface area contributed by atoms with Gasteiger partial charge in [-0.1, -0.05) is 18.2 Å². The van der Waals surface area contributed by atoms with Crippen molar-refractivity contribution in [3.63, 3.8) is 0 Å². The molecule has 3 nitrogen and oxygen atoms in total. The van der Waals surface area contributed by atoms with Crippen molar-refractivity contribution in [2.45, 2.75) is 12.8 Å². The number of ether oxygens (including phenoxy) is 2. The van der Waals surface area contributed by atoms with Gasteiger partial charge in [0, 0.05) is 23.9 Å². The van der Waals surface area contributed by atoms with Gasteiger partial charge in [-0.2, -0.15) is 0 Å². The number of methoxy groups -OCH3 is 2. The van der Waals surface area contributed by atoms with E-state index < -0.39 is 0 Å². The highest BCUT2D eigenvalue weighted by atomic mass is 16.5. The molecule has 3 heteroatoms. The molecule has 0 amide bonds. The van der Waals surface area contributed by atoms with E-state index in [4.69, 9.17) is 9.47 Å². The molecule has 2 aromatic carbocycles. The molecule has 0 aliphatic carbocycles. The second-order valence-electron chi connectivity index (χ2n) is 4.97. The molecular weight excluding hydrogens is 250 g/mol. The van der Waals surface area contributed by atoms with Gasteiger partial charge in [-0.05, 0) is 36.1 Å². The Bertz CT molecular complexity index is 600. The van der Waals surface area contributed by atoms with Gasteiger partial charge < -0.3 is 14.8 Å². The van der Waals surface area contributed by atoms with Gasteiger partial charge in [-0.3, -0.25) is 0 Å². The van der Waals surface area contributed by atoms with E-state index in [1.54, 1.807) is 14.2 Å². The molecule has 1 heterocycles. The summed E-state index contributed by atoms with van der Waals surface area (Å²) in [6.45, 7) is 1.03. The zero-order valence-corrected chi connectivity index (χ0v) is 11.9. The zero-order valence-electron chi connectivity index (χ0n) is 11.9. The van der Waals surface area contributed by atoms with Gasteiger partial charge in [-0.15, -0.1) is 0 Å². The van der Waals surface area contributed by atoms with Gasteiger partial charge >= 0.3 is 0 Å². The Kier molecular flexibility index (Phi) is 3.50. The summed E-state index contributed by atoms with van der Waals surface area (Å²) in [7, 11) is 3.36. The zero-order chi connectivity index (χ0) is 13.9. The summed E-state index contributed by atoms with van der Waals surface area (Å²) in [4.78, 5) is 0. The average Bonchev–Trinajstić information content (AvgIpc) is 2.53. The van der Waals surface area contributed by atoms with E-state index in [0.717, 1.165) is 30.0 Å². The predicted molar refractivity (Wildman–Crippen MR) is 81.8 cm³/mol. The molecule has 20 heavy (non-hydrogen) atoms. The van der Waals surface area contributed by atoms with Gasteiger partial charge in [0.2, 0.25) is 0 Å². The first-order valence-electron chi connectivity index (χ1n) is 6.91. The van der Waals surface area contributed by atoms with Crippen molar-refractivity contribution >= 4 is 5.69 Å². The summed E-state index contributed by atoms with van der Waals surface area (Å²) in [5.41, 5.74) is 4.96. The highest BCUT2D eigenvalue weighted by Crippen LogP contribution is 2.37. The molecular formula is C17H19NO2. The van der Waals surface area contributed by atoms with Crippen LogP contribution < -0.4 is 14.8 Å². The fraction of sp³-hybridized carbons (Fsp3) is 0.294. The topological polar surface area (TPSA) is 30.5 Å². The predicted octanol–water partition coefficient (Wildman–Crippen LogP) is 3.73. The van der Waals surface area contributed by atoms with Crippen LogP contribution in [-0.2, 0) is 6.42 Å². The van der Waals surface area contributed by atoms with Crippen molar-refractivity contribution in [1.82, 2.24) is 0 Å². The molecule has 0 radical (unpaired) electrons. The quantitative estimate of drug-likeness (QED) is 0.921. The number of benzene rings is 2. The molecule has 0 unspecified atom stereocenters. The van der Waals surface area contributed by atoms with E-state index in [0.29, 0.717) is 0 Å². The Morgan fingerprint density at radius 2 is 1.75 bits per heavy atom. The molecule has 0 spiro atoms. The second-order valence-corrected chi connectivity index (χ2v) is 4.97. The number of anilines is 1. The van der Waals surface area contributed by atoms with Crippen LogP contribution in [-0.4, -0.2) is 20.8 Å². The van der Waals surface area contributed by atoms with Crippen LogP contribution in [0.15, 0.2) is 36.4 Å². The van der Waals surface area contributed by atoms with E-state index in [2.05, 4.69) is 35.6 Å². The van der Waals surface area contributed by atoms with Crippen molar-refractivity contribution in [3.05, 3.63) is 42.0 Å². The molecule has 0 atom stereocenters. The molecule has 2 aromatic rings. The molecule has 0 bridgehead atoms. The van der Waals surface area contributed by atoms with Gasteiger partial charge in [0.15, 0.2) is 0 Å². The Morgan fingerprint density at radius 1 is 1.00 bits per heavy atom. The van der Waals surface area contributed by atoms with Crippen LogP contribution in [0.25, 0.3) is 11.1 Å².